The Bertz CT molecular complexity index is 624. The highest BCUT2D eigenvalue weighted by atomic mass is 35.5. The van der Waals surface area contributed by atoms with E-state index in [1.54, 1.807) is 0 Å². The molecule has 0 spiro atoms. The third-order valence-electron chi connectivity index (χ3n) is 5.62. The van der Waals surface area contributed by atoms with Crippen molar-refractivity contribution < 1.29 is 9.59 Å². The molecule has 2 heterocycles. The lowest BCUT2D eigenvalue weighted by Gasteiger charge is -2.26. The number of carbonyl (C=O) groups excluding carboxylic acids is 2. The highest BCUT2D eigenvalue weighted by Gasteiger charge is 2.42. The zero-order chi connectivity index (χ0) is 17.3. The van der Waals surface area contributed by atoms with Gasteiger partial charge in [0, 0.05) is 26.1 Å². The molecule has 0 saturated carbocycles. The van der Waals surface area contributed by atoms with Crippen LogP contribution in [0.4, 0.5) is 0 Å². The minimum absolute atomic E-state index is 0. The van der Waals surface area contributed by atoms with Crippen molar-refractivity contribution in [2.75, 3.05) is 26.2 Å². The first-order valence-electron chi connectivity index (χ1n) is 8.77. The first-order valence-corrected chi connectivity index (χ1v) is 8.77. The zero-order valence-electron chi connectivity index (χ0n) is 15.0. The molecule has 3 unspecified atom stereocenters. The van der Waals surface area contributed by atoms with Gasteiger partial charge in [-0.05, 0) is 30.9 Å². The molecule has 5 nitrogen and oxygen atoms in total. The summed E-state index contributed by atoms with van der Waals surface area (Å²) < 4.78 is 0. The number of likely N-dealkylation sites (tertiary alicyclic amines) is 2. The summed E-state index contributed by atoms with van der Waals surface area (Å²) in [4.78, 5) is 29.0. The lowest BCUT2D eigenvalue weighted by molar-refractivity contribution is -0.135. The Labute approximate surface area is 155 Å². The third-order valence-corrected chi connectivity index (χ3v) is 5.62. The average molecular weight is 366 g/mol. The van der Waals surface area contributed by atoms with Gasteiger partial charge in [0.15, 0.2) is 0 Å². The molecular weight excluding hydrogens is 338 g/mol. The van der Waals surface area contributed by atoms with Gasteiger partial charge in [0.25, 0.3) is 0 Å². The number of nitrogens with two attached hydrogens (primary N) is 1. The van der Waals surface area contributed by atoms with Crippen molar-refractivity contribution in [3.63, 3.8) is 0 Å². The molecule has 2 fully saturated rings. The van der Waals surface area contributed by atoms with Crippen LogP contribution in [0.5, 0.6) is 0 Å². The van der Waals surface area contributed by atoms with Crippen molar-refractivity contribution in [2.24, 2.45) is 17.1 Å². The molecule has 0 bridgehead atoms. The van der Waals surface area contributed by atoms with Gasteiger partial charge in [0.05, 0.1) is 12.0 Å². The number of hydrogen-bond donors (Lipinski definition) is 1. The second-order valence-corrected chi connectivity index (χ2v) is 7.56. The van der Waals surface area contributed by atoms with E-state index >= 15 is 0 Å². The largest absolute Gasteiger partial charge is 0.342 e. The second-order valence-electron chi connectivity index (χ2n) is 7.56. The second kappa shape index (κ2) is 7.75. The minimum Gasteiger partial charge on any atom is -0.342 e. The van der Waals surface area contributed by atoms with E-state index in [1.807, 2.05) is 47.1 Å². The predicted octanol–water partition coefficient (Wildman–Crippen LogP) is 2.22. The van der Waals surface area contributed by atoms with Crippen molar-refractivity contribution in [3.8, 4) is 0 Å². The Hall–Kier alpha value is -1.59. The van der Waals surface area contributed by atoms with Gasteiger partial charge in [-0.3, -0.25) is 9.59 Å². The molecule has 2 amide bonds. The van der Waals surface area contributed by atoms with Crippen LogP contribution >= 0.6 is 12.4 Å². The lowest BCUT2D eigenvalue weighted by atomic mass is 9.90. The van der Waals surface area contributed by atoms with Crippen LogP contribution in [0, 0.1) is 11.3 Å². The van der Waals surface area contributed by atoms with Gasteiger partial charge < -0.3 is 15.5 Å². The Kier molecular flexibility index (Phi) is 6.12. The molecule has 25 heavy (non-hydrogen) atoms. The molecule has 2 aliphatic heterocycles. The van der Waals surface area contributed by atoms with E-state index < -0.39 is 0 Å². The Balaban J connectivity index is 0.00000225. The first kappa shape index (κ1) is 19.7. The van der Waals surface area contributed by atoms with E-state index in [2.05, 4.69) is 6.92 Å². The molecule has 2 N–H and O–H groups in total. The molecule has 6 heteroatoms. The fourth-order valence-electron chi connectivity index (χ4n) is 3.82. The third kappa shape index (κ3) is 3.98. The minimum atomic E-state index is -0.219. The molecule has 138 valence electrons. The number of rotatable bonds is 4. The monoisotopic (exact) mass is 365 g/mol. The maximum atomic E-state index is 12.8. The van der Waals surface area contributed by atoms with Crippen LogP contribution < -0.4 is 5.73 Å². The molecule has 3 rings (SSSR count). The van der Waals surface area contributed by atoms with E-state index in [1.165, 1.54) is 0 Å². The standard InChI is InChI=1S/C19H27N3O2.ClH/c1-14(15-6-4-3-5-7-15)22-11-16(10-17(22)23)18(24)21-9-8-19(2,12-20)13-21;/h3-7,14,16H,8-13,20H2,1-2H3;1H. The van der Waals surface area contributed by atoms with Gasteiger partial charge >= 0.3 is 0 Å². The van der Waals surface area contributed by atoms with E-state index in [0.29, 0.717) is 26.1 Å². The summed E-state index contributed by atoms with van der Waals surface area (Å²) in [6.45, 7) is 6.74. The van der Waals surface area contributed by atoms with Crippen LogP contribution in [0.1, 0.15) is 38.3 Å². The van der Waals surface area contributed by atoms with Crippen LogP contribution in [-0.4, -0.2) is 47.8 Å². The number of carbonyl (C=O) groups is 2. The zero-order valence-corrected chi connectivity index (χ0v) is 15.8. The van der Waals surface area contributed by atoms with Crippen LogP contribution in [-0.2, 0) is 9.59 Å². The molecule has 0 radical (unpaired) electrons. The normalized spacial score (nSPS) is 27.3. The van der Waals surface area contributed by atoms with Crippen LogP contribution in [0.25, 0.3) is 0 Å². The van der Waals surface area contributed by atoms with Gasteiger partial charge in [0.2, 0.25) is 11.8 Å². The molecule has 2 saturated heterocycles. The molecule has 2 aliphatic rings. The van der Waals surface area contributed by atoms with Gasteiger partial charge in [-0.1, -0.05) is 37.3 Å². The van der Waals surface area contributed by atoms with Crippen molar-refractivity contribution in [3.05, 3.63) is 35.9 Å². The lowest BCUT2D eigenvalue weighted by Crippen LogP contribution is -2.38. The van der Waals surface area contributed by atoms with Crippen molar-refractivity contribution in [1.82, 2.24) is 9.80 Å². The summed E-state index contributed by atoms with van der Waals surface area (Å²) in [7, 11) is 0. The molecule has 0 aliphatic carbocycles. The van der Waals surface area contributed by atoms with Gasteiger partial charge in [-0.15, -0.1) is 12.4 Å². The molecule has 1 aromatic carbocycles. The topological polar surface area (TPSA) is 66.6 Å². The molecule has 1 aromatic rings. The fourth-order valence-corrected chi connectivity index (χ4v) is 3.82. The number of benzene rings is 1. The van der Waals surface area contributed by atoms with Crippen molar-refractivity contribution in [2.45, 2.75) is 32.7 Å². The fraction of sp³-hybridized carbons (Fsp3) is 0.579. The van der Waals surface area contributed by atoms with Crippen LogP contribution in [0.3, 0.4) is 0 Å². The smallest absolute Gasteiger partial charge is 0.228 e. The van der Waals surface area contributed by atoms with Gasteiger partial charge in [-0.2, -0.15) is 0 Å². The van der Waals surface area contributed by atoms with Crippen LogP contribution in [0.2, 0.25) is 0 Å². The maximum Gasteiger partial charge on any atom is 0.228 e. The SMILES string of the molecule is CC(c1ccccc1)N1CC(C(=O)N2CCC(C)(CN)C2)CC1=O.Cl. The Morgan fingerprint density at radius 1 is 1.36 bits per heavy atom. The number of amides is 2. The predicted molar refractivity (Wildman–Crippen MR) is 100 cm³/mol. The summed E-state index contributed by atoms with van der Waals surface area (Å²) in [6, 6.07) is 9.99. The summed E-state index contributed by atoms with van der Waals surface area (Å²) in [6.07, 6.45) is 1.27. The number of halogens is 1. The highest BCUT2D eigenvalue weighted by molar-refractivity contribution is 5.89. The van der Waals surface area contributed by atoms with E-state index in [9.17, 15) is 9.59 Å². The number of hydrogen-bond acceptors (Lipinski definition) is 3. The van der Waals surface area contributed by atoms with E-state index in [0.717, 1.165) is 18.5 Å². The van der Waals surface area contributed by atoms with Gasteiger partial charge in [0.1, 0.15) is 0 Å². The molecule has 3 atom stereocenters. The van der Waals surface area contributed by atoms with Gasteiger partial charge in [-0.25, -0.2) is 0 Å². The Morgan fingerprint density at radius 2 is 2.04 bits per heavy atom. The summed E-state index contributed by atoms with van der Waals surface area (Å²) >= 11 is 0. The highest BCUT2D eigenvalue weighted by Crippen LogP contribution is 2.33. The van der Waals surface area contributed by atoms with E-state index in [4.69, 9.17) is 5.73 Å². The molecule has 0 aromatic heterocycles. The summed E-state index contributed by atoms with van der Waals surface area (Å²) in [5.74, 6) is -0.0300. The summed E-state index contributed by atoms with van der Waals surface area (Å²) in [5, 5.41) is 0. The number of nitrogens with zero attached hydrogens (tertiary/aromatic N) is 2. The van der Waals surface area contributed by atoms with E-state index in [-0.39, 0.29) is 41.6 Å². The van der Waals surface area contributed by atoms with Crippen molar-refractivity contribution in [1.29, 1.82) is 0 Å². The maximum absolute atomic E-state index is 12.8. The Morgan fingerprint density at radius 3 is 2.64 bits per heavy atom. The van der Waals surface area contributed by atoms with Crippen LogP contribution in [0.15, 0.2) is 30.3 Å². The molecular formula is C19H28ClN3O2. The van der Waals surface area contributed by atoms with Crippen molar-refractivity contribution >= 4 is 24.2 Å². The summed E-state index contributed by atoms with van der Waals surface area (Å²) in [5.41, 5.74) is 6.96. The first-order chi connectivity index (χ1) is 11.4. The average Bonchev–Trinajstić information content (AvgIpc) is 3.18. The quantitative estimate of drug-likeness (QED) is 0.889.